The van der Waals surface area contributed by atoms with Crippen molar-refractivity contribution in [2.75, 3.05) is 39.8 Å². The minimum absolute atomic E-state index is 0.212. The van der Waals surface area contributed by atoms with Crippen LogP contribution in [-0.2, 0) is 19.1 Å². The molecule has 0 aromatic carbocycles. The highest BCUT2D eigenvalue weighted by atomic mass is 16.5. The van der Waals surface area contributed by atoms with Crippen LogP contribution in [0.25, 0.3) is 0 Å². The van der Waals surface area contributed by atoms with Gasteiger partial charge in [0.1, 0.15) is 0 Å². The maximum Gasteiger partial charge on any atom is 0.328 e. The highest BCUT2D eigenvalue weighted by Crippen LogP contribution is 2.02. The average Bonchev–Trinajstić information content (AvgIpc) is 2.36. The molecular formula is C11H16N2O5. The fourth-order valence-corrected chi connectivity index (χ4v) is 1.62. The summed E-state index contributed by atoms with van der Waals surface area (Å²) in [6.07, 6.45) is 1.86. The van der Waals surface area contributed by atoms with E-state index >= 15 is 0 Å². The number of hydrogen-bond acceptors (Lipinski definition) is 5. The summed E-state index contributed by atoms with van der Waals surface area (Å²) in [5, 5.41) is 8.41. The summed E-state index contributed by atoms with van der Waals surface area (Å²) in [6, 6.07) is 0. The topological polar surface area (TPSA) is 87.2 Å². The number of piperazine rings is 1. The highest BCUT2D eigenvalue weighted by molar-refractivity contribution is 5.93. The van der Waals surface area contributed by atoms with Gasteiger partial charge < -0.3 is 14.7 Å². The number of aliphatic carboxylic acids is 1. The van der Waals surface area contributed by atoms with Gasteiger partial charge in [-0.3, -0.25) is 14.5 Å². The van der Waals surface area contributed by atoms with Crippen LogP contribution in [-0.4, -0.2) is 72.6 Å². The van der Waals surface area contributed by atoms with Gasteiger partial charge in [0.25, 0.3) is 0 Å². The third-order valence-corrected chi connectivity index (χ3v) is 2.63. The Morgan fingerprint density at radius 1 is 1.17 bits per heavy atom. The fraction of sp³-hybridized carbons (Fsp3) is 0.545. The molecule has 0 aromatic rings. The first-order valence-electron chi connectivity index (χ1n) is 5.52. The first-order chi connectivity index (χ1) is 8.52. The normalized spacial score (nSPS) is 16.8. The lowest BCUT2D eigenvalue weighted by molar-refractivity contribution is -0.142. The summed E-state index contributed by atoms with van der Waals surface area (Å²) in [5.74, 6) is -1.77. The van der Waals surface area contributed by atoms with E-state index in [-0.39, 0.29) is 18.4 Å². The van der Waals surface area contributed by atoms with Crippen LogP contribution >= 0.6 is 0 Å². The molecule has 1 saturated heterocycles. The van der Waals surface area contributed by atoms with Gasteiger partial charge >= 0.3 is 11.9 Å². The molecule has 0 aromatic heterocycles. The van der Waals surface area contributed by atoms with Crippen LogP contribution in [0.15, 0.2) is 12.2 Å². The van der Waals surface area contributed by atoms with E-state index in [9.17, 15) is 14.4 Å². The molecule has 1 aliphatic heterocycles. The lowest BCUT2D eigenvalue weighted by Crippen LogP contribution is -2.49. The lowest BCUT2D eigenvalue weighted by atomic mass is 10.3. The van der Waals surface area contributed by atoms with Crippen LogP contribution in [0.4, 0.5) is 0 Å². The first kappa shape index (κ1) is 14.2. The number of methoxy groups -OCH3 is 1. The molecule has 1 heterocycles. The van der Waals surface area contributed by atoms with Crippen molar-refractivity contribution in [1.29, 1.82) is 0 Å². The standard InChI is InChI=1S/C11H16N2O5/c1-18-11(17)8-12-4-6-13(7-5-12)9(14)2-3-10(15)16/h2-3H,4-8H2,1H3,(H,15,16)/b3-2+. The van der Waals surface area contributed by atoms with Crippen molar-refractivity contribution in [1.82, 2.24) is 9.80 Å². The van der Waals surface area contributed by atoms with E-state index < -0.39 is 5.97 Å². The number of ether oxygens (including phenoxy) is 1. The van der Waals surface area contributed by atoms with Gasteiger partial charge in [-0.2, -0.15) is 0 Å². The second-order valence-corrected chi connectivity index (χ2v) is 3.85. The van der Waals surface area contributed by atoms with Gasteiger partial charge in [-0.1, -0.05) is 0 Å². The van der Waals surface area contributed by atoms with Gasteiger partial charge in [0, 0.05) is 38.3 Å². The molecule has 7 nitrogen and oxygen atoms in total. The summed E-state index contributed by atoms with van der Waals surface area (Å²) in [4.78, 5) is 36.3. The molecule has 1 aliphatic rings. The minimum atomic E-state index is -1.15. The molecule has 1 fully saturated rings. The van der Waals surface area contributed by atoms with Crippen molar-refractivity contribution in [3.8, 4) is 0 Å². The number of esters is 1. The number of carboxylic acid groups (broad SMARTS) is 1. The third kappa shape index (κ3) is 4.54. The Kier molecular flexibility index (Phi) is 5.31. The maximum atomic E-state index is 11.6. The van der Waals surface area contributed by atoms with E-state index in [0.29, 0.717) is 26.2 Å². The summed E-state index contributed by atoms with van der Waals surface area (Å²) in [6.45, 7) is 2.30. The van der Waals surface area contributed by atoms with Crippen molar-refractivity contribution in [2.24, 2.45) is 0 Å². The van der Waals surface area contributed by atoms with E-state index in [4.69, 9.17) is 5.11 Å². The molecule has 0 aliphatic carbocycles. The van der Waals surface area contributed by atoms with Gasteiger partial charge in [-0.25, -0.2) is 4.79 Å². The molecular weight excluding hydrogens is 240 g/mol. The van der Waals surface area contributed by atoms with Gasteiger partial charge in [0.2, 0.25) is 5.91 Å². The van der Waals surface area contributed by atoms with Crippen molar-refractivity contribution in [3.63, 3.8) is 0 Å². The van der Waals surface area contributed by atoms with Crippen molar-refractivity contribution >= 4 is 17.8 Å². The molecule has 1 N–H and O–H groups in total. The Morgan fingerprint density at radius 3 is 2.28 bits per heavy atom. The Bertz CT molecular complexity index is 358. The maximum absolute atomic E-state index is 11.6. The highest BCUT2D eigenvalue weighted by Gasteiger charge is 2.21. The first-order valence-corrected chi connectivity index (χ1v) is 5.52. The zero-order valence-electron chi connectivity index (χ0n) is 10.2. The molecule has 0 saturated carbocycles. The number of rotatable bonds is 4. The van der Waals surface area contributed by atoms with E-state index in [1.54, 1.807) is 4.90 Å². The molecule has 1 amide bonds. The SMILES string of the molecule is COC(=O)CN1CCN(C(=O)/C=C/C(=O)O)CC1. The third-order valence-electron chi connectivity index (χ3n) is 2.63. The van der Waals surface area contributed by atoms with E-state index in [2.05, 4.69) is 4.74 Å². The van der Waals surface area contributed by atoms with Crippen molar-refractivity contribution in [3.05, 3.63) is 12.2 Å². The summed E-state index contributed by atoms with van der Waals surface area (Å²) < 4.78 is 4.55. The number of carbonyl (C=O) groups excluding carboxylic acids is 2. The van der Waals surface area contributed by atoms with Crippen molar-refractivity contribution in [2.45, 2.75) is 0 Å². The number of carbonyl (C=O) groups is 3. The molecule has 0 unspecified atom stereocenters. The Morgan fingerprint density at radius 2 is 1.78 bits per heavy atom. The van der Waals surface area contributed by atoms with Crippen molar-refractivity contribution < 1.29 is 24.2 Å². The van der Waals surface area contributed by atoms with E-state index in [1.807, 2.05) is 4.90 Å². The number of carboxylic acids is 1. The molecule has 18 heavy (non-hydrogen) atoms. The number of amides is 1. The second-order valence-electron chi connectivity index (χ2n) is 3.85. The predicted octanol–water partition coefficient (Wildman–Crippen LogP) is -1.06. The molecule has 7 heteroatoms. The molecule has 1 rings (SSSR count). The van der Waals surface area contributed by atoms with Crippen LogP contribution < -0.4 is 0 Å². The van der Waals surface area contributed by atoms with E-state index in [0.717, 1.165) is 12.2 Å². The van der Waals surface area contributed by atoms with Gasteiger partial charge in [0.05, 0.1) is 13.7 Å². The van der Waals surface area contributed by atoms with Gasteiger partial charge in [-0.15, -0.1) is 0 Å². The number of hydrogen-bond donors (Lipinski definition) is 1. The Labute approximate surface area is 105 Å². The molecule has 0 atom stereocenters. The zero-order chi connectivity index (χ0) is 13.5. The van der Waals surface area contributed by atoms with E-state index in [1.165, 1.54) is 7.11 Å². The van der Waals surface area contributed by atoms with Crippen LogP contribution in [0.1, 0.15) is 0 Å². The fourth-order valence-electron chi connectivity index (χ4n) is 1.62. The Balaban J connectivity index is 2.37. The largest absolute Gasteiger partial charge is 0.478 e. The zero-order valence-corrected chi connectivity index (χ0v) is 10.2. The predicted molar refractivity (Wildman–Crippen MR) is 61.8 cm³/mol. The molecule has 100 valence electrons. The minimum Gasteiger partial charge on any atom is -0.478 e. The monoisotopic (exact) mass is 256 g/mol. The van der Waals surface area contributed by atoms with Crippen LogP contribution in [0.3, 0.4) is 0 Å². The smallest absolute Gasteiger partial charge is 0.328 e. The number of nitrogens with zero attached hydrogens (tertiary/aromatic N) is 2. The summed E-state index contributed by atoms with van der Waals surface area (Å²) in [7, 11) is 1.33. The summed E-state index contributed by atoms with van der Waals surface area (Å²) in [5.41, 5.74) is 0. The van der Waals surface area contributed by atoms with Gasteiger partial charge in [0.15, 0.2) is 0 Å². The van der Waals surface area contributed by atoms with Crippen LogP contribution in [0.5, 0.6) is 0 Å². The Hall–Kier alpha value is -1.89. The molecule has 0 radical (unpaired) electrons. The lowest BCUT2D eigenvalue weighted by Gasteiger charge is -2.33. The quantitative estimate of drug-likeness (QED) is 0.510. The van der Waals surface area contributed by atoms with Crippen LogP contribution in [0.2, 0.25) is 0 Å². The summed E-state index contributed by atoms with van der Waals surface area (Å²) >= 11 is 0. The molecule has 0 spiro atoms. The molecule has 0 bridgehead atoms. The average molecular weight is 256 g/mol. The second kappa shape index (κ2) is 6.75. The van der Waals surface area contributed by atoms with Gasteiger partial charge in [-0.05, 0) is 0 Å². The van der Waals surface area contributed by atoms with Crippen LogP contribution in [0, 0.1) is 0 Å².